The van der Waals surface area contributed by atoms with Crippen molar-refractivity contribution in [3.05, 3.63) is 65.7 Å². The maximum absolute atomic E-state index is 14.0. The van der Waals surface area contributed by atoms with Crippen LogP contribution in [0.5, 0.6) is 0 Å². The highest BCUT2D eigenvalue weighted by Gasteiger charge is 2.40. The third-order valence-electron chi connectivity index (χ3n) is 4.90. The number of hydrogen-bond donors (Lipinski definition) is 1. The highest BCUT2D eigenvalue weighted by Crippen LogP contribution is 2.36. The maximum Gasteiger partial charge on any atom is 0.246 e. The minimum absolute atomic E-state index is 0.0948. The van der Waals surface area contributed by atoms with E-state index in [4.69, 9.17) is 0 Å². The largest absolute Gasteiger partial charge is 0.396 e. The van der Waals surface area contributed by atoms with E-state index >= 15 is 0 Å². The lowest BCUT2D eigenvalue weighted by Gasteiger charge is -2.41. The Labute approximate surface area is 152 Å². The van der Waals surface area contributed by atoms with Crippen molar-refractivity contribution in [3.63, 3.8) is 0 Å². The van der Waals surface area contributed by atoms with Gasteiger partial charge in [-0.1, -0.05) is 30.3 Å². The zero-order chi connectivity index (χ0) is 18.8. The highest BCUT2D eigenvalue weighted by molar-refractivity contribution is 7.89. The number of hydrogen-bond acceptors (Lipinski definition) is 3. The summed E-state index contributed by atoms with van der Waals surface area (Å²) in [6.07, 6.45) is 1.77. The standard InChI is InChI=1S/C19H21F2NO3S/c20-16-7-8-18(17(21)11-16)26(24,25)22-10-4-9-19(13-22,14-23)12-15-5-2-1-3-6-15/h1-3,5-8,11,23H,4,9-10,12-14H2/t19-/m1/s1. The molecule has 2 aromatic carbocycles. The van der Waals surface area contributed by atoms with Gasteiger partial charge in [-0.3, -0.25) is 0 Å². The second-order valence-corrected chi connectivity index (χ2v) is 8.74. The molecule has 1 heterocycles. The number of rotatable bonds is 5. The van der Waals surface area contributed by atoms with Gasteiger partial charge >= 0.3 is 0 Å². The lowest BCUT2D eigenvalue weighted by molar-refractivity contribution is 0.0644. The summed E-state index contributed by atoms with van der Waals surface area (Å²) in [6, 6.07) is 12.0. The molecule has 7 heteroatoms. The molecule has 0 radical (unpaired) electrons. The topological polar surface area (TPSA) is 57.6 Å². The molecule has 3 rings (SSSR count). The summed E-state index contributed by atoms with van der Waals surface area (Å²) in [4.78, 5) is -0.535. The molecule has 0 aliphatic carbocycles. The van der Waals surface area contributed by atoms with Crippen molar-refractivity contribution >= 4 is 10.0 Å². The van der Waals surface area contributed by atoms with Gasteiger partial charge in [-0.25, -0.2) is 17.2 Å². The number of aliphatic hydroxyl groups excluding tert-OH is 1. The van der Waals surface area contributed by atoms with Crippen LogP contribution in [0.1, 0.15) is 18.4 Å². The van der Waals surface area contributed by atoms with Gasteiger partial charge in [0.2, 0.25) is 10.0 Å². The van der Waals surface area contributed by atoms with Crippen LogP contribution >= 0.6 is 0 Å². The Balaban J connectivity index is 1.88. The Kier molecular flexibility index (Phi) is 5.41. The fourth-order valence-electron chi connectivity index (χ4n) is 3.55. The molecular formula is C19H21F2NO3S. The van der Waals surface area contributed by atoms with Crippen molar-refractivity contribution in [1.82, 2.24) is 4.31 Å². The van der Waals surface area contributed by atoms with Gasteiger partial charge in [-0.2, -0.15) is 4.31 Å². The van der Waals surface area contributed by atoms with Gasteiger partial charge in [-0.15, -0.1) is 0 Å². The summed E-state index contributed by atoms with van der Waals surface area (Å²) in [5.41, 5.74) is 0.386. The monoisotopic (exact) mass is 381 g/mol. The molecule has 0 unspecified atom stereocenters. The number of aliphatic hydroxyl groups is 1. The minimum Gasteiger partial charge on any atom is -0.396 e. The van der Waals surface area contributed by atoms with Crippen molar-refractivity contribution in [1.29, 1.82) is 0 Å². The molecule has 1 saturated heterocycles. The molecule has 0 amide bonds. The van der Waals surface area contributed by atoms with E-state index in [0.29, 0.717) is 25.3 Å². The summed E-state index contributed by atoms with van der Waals surface area (Å²) < 4.78 is 54.1. The van der Waals surface area contributed by atoms with Crippen molar-refractivity contribution in [2.24, 2.45) is 5.41 Å². The van der Waals surface area contributed by atoms with Crippen LogP contribution in [0, 0.1) is 17.0 Å². The third-order valence-corrected chi connectivity index (χ3v) is 6.77. The van der Waals surface area contributed by atoms with Gasteiger partial charge in [0, 0.05) is 24.6 Å². The van der Waals surface area contributed by atoms with Crippen LogP contribution in [-0.2, 0) is 16.4 Å². The number of benzene rings is 2. The zero-order valence-electron chi connectivity index (χ0n) is 14.2. The van der Waals surface area contributed by atoms with E-state index in [2.05, 4.69) is 0 Å². The number of nitrogens with zero attached hydrogens (tertiary/aromatic N) is 1. The summed E-state index contributed by atoms with van der Waals surface area (Å²) in [5.74, 6) is -1.93. The predicted molar refractivity (Wildman–Crippen MR) is 94.0 cm³/mol. The Bertz CT molecular complexity index is 874. The van der Waals surface area contributed by atoms with Gasteiger partial charge in [0.15, 0.2) is 0 Å². The van der Waals surface area contributed by atoms with Gasteiger partial charge in [-0.05, 0) is 37.0 Å². The molecule has 2 aromatic rings. The summed E-state index contributed by atoms with van der Waals surface area (Å²) in [7, 11) is -4.10. The molecule has 1 fully saturated rings. The molecule has 0 spiro atoms. The summed E-state index contributed by atoms with van der Waals surface area (Å²) in [5, 5.41) is 10.0. The molecule has 1 N–H and O–H groups in total. The first-order valence-corrected chi connectivity index (χ1v) is 9.90. The SMILES string of the molecule is O=S(=O)(c1ccc(F)cc1F)N1CCC[C@@](CO)(Cc2ccccc2)C1. The Morgan fingerprint density at radius 2 is 1.85 bits per heavy atom. The highest BCUT2D eigenvalue weighted by atomic mass is 32.2. The van der Waals surface area contributed by atoms with Crippen LogP contribution in [0.2, 0.25) is 0 Å². The summed E-state index contributed by atoms with van der Waals surface area (Å²) >= 11 is 0. The fraction of sp³-hybridized carbons (Fsp3) is 0.368. The second kappa shape index (κ2) is 7.42. The minimum atomic E-state index is -4.10. The van der Waals surface area contributed by atoms with E-state index in [1.165, 1.54) is 4.31 Å². The number of sulfonamides is 1. The van der Waals surface area contributed by atoms with E-state index in [0.717, 1.165) is 17.7 Å². The van der Waals surface area contributed by atoms with Gasteiger partial charge in [0.05, 0.1) is 6.61 Å². The average Bonchev–Trinajstić information content (AvgIpc) is 2.62. The van der Waals surface area contributed by atoms with E-state index in [-0.39, 0.29) is 19.7 Å². The van der Waals surface area contributed by atoms with E-state index in [9.17, 15) is 22.3 Å². The smallest absolute Gasteiger partial charge is 0.246 e. The van der Waals surface area contributed by atoms with Crippen LogP contribution in [0.25, 0.3) is 0 Å². The average molecular weight is 381 g/mol. The van der Waals surface area contributed by atoms with Crippen LogP contribution < -0.4 is 0 Å². The van der Waals surface area contributed by atoms with Crippen LogP contribution in [0.15, 0.2) is 53.4 Å². The normalized spacial score (nSPS) is 21.7. The van der Waals surface area contributed by atoms with Gasteiger partial charge in [0.25, 0.3) is 0 Å². The van der Waals surface area contributed by atoms with Crippen LogP contribution in [0.3, 0.4) is 0 Å². The first-order chi connectivity index (χ1) is 12.4. The molecule has 140 valence electrons. The molecule has 0 aromatic heterocycles. The molecule has 0 bridgehead atoms. The van der Waals surface area contributed by atoms with Crippen LogP contribution in [-0.4, -0.2) is 37.5 Å². The van der Waals surface area contributed by atoms with Crippen molar-refractivity contribution in [3.8, 4) is 0 Å². The number of piperidine rings is 1. The second-order valence-electron chi connectivity index (χ2n) is 6.84. The van der Waals surface area contributed by atoms with Gasteiger partial charge in [0.1, 0.15) is 16.5 Å². The Hall–Kier alpha value is -1.83. The van der Waals surface area contributed by atoms with Crippen molar-refractivity contribution < 1.29 is 22.3 Å². The molecule has 1 aliphatic rings. The fourth-order valence-corrected chi connectivity index (χ4v) is 5.19. The maximum atomic E-state index is 14.0. The number of halogens is 2. The lowest BCUT2D eigenvalue weighted by atomic mass is 9.76. The molecule has 1 aliphatic heterocycles. The predicted octanol–water partition coefficient (Wildman–Crippen LogP) is 2.97. The quantitative estimate of drug-likeness (QED) is 0.866. The zero-order valence-corrected chi connectivity index (χ0v) is 15.1. The molecule has 4 nitrogen and oxygen atoms in total. The molecular weight excluding hydrogens is 360 g/mol. The van der Waals surface area contributed by atoms with Gasteiger partial charge < -0.3 is 5.11 Å². The third kappa shape index (κ3) is 3.79. The lowest BCUT2D eigenvalue weighted by Crippen LogP contribution is -2.49. The Morgan fingerprint density at radius 1 is 1.12 bits per heavy atom. The van der Waals surface area contributed by atoms with E-state index in [1.54, 1.807) is 0 Å². The van der Waals surface area contributed by atoms with Crippen molar-refractivity contribution in [2.45, 2.75) is 24.2 Å². The molecule has 1 atom stereocenters. The van der Waals surface area contributed by atoms with E-state index in [1.807, 2.05) is 30.3 Å². The summed E-state index contributed by atoms with van der Waals surface area (Å²) in [6.45, 7) is 0.174. The van der Waals surface area contributed by atoms with Crippen LogP contribution in [0.4, 0.5) is 8.78 Å². The first kappa shape index (κ1) is 18.9. The molecule has 0 saturated carbocycles. The van der Waals surface area contributed by atoms with Crippen molar-refractivity contribution in [2.75, 3.05) is 19.7 Å². The molecule has 26 heavy (non-hydrogen) atoms. The Morgan fingerprint density at radius 3 is 2.50 bits per heavy atom. The first-order valence-electron chi connectivity index (χ1n) is 8.46. The van der Waals surface area contributed by atoms with E-state index < -0.39 is 32.0 Å².